The average Bonchev–Trinajstić information content (AvgIpc) is 2.58. The van der Waals surface area contributed by atoms with Gasteiger partial charge >= 0.3 is 5.97 Å². The van der Waals surface area contributed by atoms with E-state index in [2.05, 4.69) is 12.6 Å². The Morgan fingerprint density at radius 2 is 2.29 bits per heavy atom. The molecule has 0 saturated heterocycles. The Hall–Kier alpha value is -0.710. The van der Waals surface area contributed by atoms with Crippen molar-refractivity contribution in [3.8, 4) is 0 Å². The summed E-state index contributed by atoms with van der Waals surface area (Å²) in [4.78, 5) is 11.4. The molecule has 2 aromatic rings. The van der Waals surface area contributed by atoms with Gasteiger partial charge in [0.1, 0.15) is 0 Å². The summed E-state index contributed by atoms with van der Waals surface area (Å²) >= 11 is 11.5. The van der Waals surface area contributed by atoms with E-state index in [1.54, 1.807) is 6.07 Å². The zero-order valence-corrected chi connectivity index (χ0v) is 9.29. The molecule has 0 unspecified atom stereocenters. The van der Waals surface area contributed by atoms with Crippen LogP contribution in [-0.4, -0.2) is 11.1 Å². The van der Waals surface area contributed by atoms with E-state index < -0.39 is 5.97 Å². The van der Waals surface area contributed by atoms with E-state index in [1.807, 2.05) is 11.4 Å². The van der Waals surface area contributed by atoms with Gasteiger partial charge in [0.2, 0.25) is 0 Å². The van der Waals surface area contributed by atoms with Crippen LogP contribution in [0.1, 0.15) is 10.4 Å². The smallest absolute Gasteiger partial charge is 0.337 e. The number of hydrogen-bond donors (Lipinski definition) is 2. The van der Waals surface area contributed by atoms with Crippen LogP contribution < -0.4 is 0 Å². The number of aromatic carboxylic acids is 1. The Morgan fingerprint density at radius 3 is 2.93 bits per heavy atom. The first-order chi connectivity index (χ1) is 6.61. The normalized spacial score (nSPS) is 10.7. The summed E-state index contributed by atoms with van der Waals surface area (Å²) in [5, 5.41) is 11.9. The van der Waals surface area contributed by atoms with Gasteiger partial charge in [0.15, 0.2) is 0 Å². The molecule has 0 aliphatic rings. The summed E-state index contributed by atoms with van der Waals surface area (Å²) in [7, 11) is 0. The van der Waals surface area contributed by atoms with Crippen molar-refractivity contribution in [1.82, 2.24) is 0 Å². The van der Waals surface area contributed by atoms with Crippen LogP contribution in [0.4, 0.5) is 0 Å². The Balaban J connectivity index is 2.87. The predicted octanol–water partition coefficient (Wildman–Crippen LogP) is 3.54. The van der Waals surface area contributed by atoms with Gasteiger partial charge in [-0.25, -0.2) is 4.79 Å². The molecule has 1 heterocycles. The summed E-state index contributed by atoms with van der Waals surface area (Å²) in [5.41, 5.74) is 0.103. The second-order valence-electron chi connectivity index (χ2n) is 2.72. The summed E-state index contributed by atoms with van der Waals surface area (Å²) in [6, 6.07) is 3.45. The summed E-state index contributed by atoms with van der Waals surface area (Å²) in [6.07, 6.45) is 0. The minimum absolute atomic E-state index is 0.103. The Bertz CT molecular complexity index is 519. The first-order valence-electron chi connectivity index (χ1n) is 3.73. The highest BCUT2D eigenvalue weighted by Gasteiger charge is 2.14. The van der Waals surface area contributed by atoms with Gasteiger partial charge in [-0.15, -0.1) is 24.0 Å². The summed E-state index contributed by atoms with van der Waals surface area (Å²) in [5.74, 6) is -1.03. The van der Waals surface area contributed by atoms with E-state index in [1.165, 1.54) is 11.3 Å². The third kappa shape index (κ3) is 1.39. The van der Waals surface area contributed by atoms with Crippen LogP contribution in [0.15, 0.2) is 22.4 Å². The second-order valence-corrected chi connectivity index (χ2v) is 4.50. The van der Waals surface area contributed by atoms with Gasteiger partial charge in [0.05, 0.1) is 10.6 Å². The van der Waals surface area contributed by atoms with Crippen LogP contribution in [0.2, 0.25) is 5.02 Å². The topological polar surface area (TPSA) is 37.3 Å². The number of carbonyl (C=O) groups is 1. The van der Waals surface area contributed by atoms with Crippen molar-refractivity contribution in [3.05, 3.63) is 28.1 Å². The fraction of sp³-hybridized carbons (Fsp3) is 0. The number of fused-ring (bicyclic) bond motifs is 1. The molecule has 0 saturated carbocycles. The highest BCUT2D eigenvalue weighted by atomic mass is 35.5. The fourth-order valence-electron chi connectivity index (χ4n) is 1.22. The summed E-state index contributed by atoms with van der Waals surface area (Å²) < 4.78 is 0.886. The SMILES string of the molecule is O=C(O)c1cc2sccc2c(S)c1Cl. The molecule has 1 aromatic carbocycles. The number of benzene rings is 1. The first kappa shape index (κ1) is 9.83. The zero-order chi connectivity index (χ0) is 10.3. The monoisotopic (exact) mass is 244 g/mol. The van der Waals surface area contributed by atoms with E-state index in [0.29, 0.717) is 4.90 Å². The molecule has 2 nitrogen and oxygen atoms in total. The van der Waals surface area contributed by atoms with Gasteiger partial charge in [-0.2, -0.15) is 0 Å². The predicted molar refractivity (Wildman–Crippen MR) is 61.0 cm³/mol. The van der Waals surface area contributed by atoms with Crippen LogP contribution >= 0.6 is 35.6 Å². The third-order valence-corrected chi connectivity index (χ3v) is 3.75. The van der Waals surface area contributed by atoms with Crippen molar-refractivity contribution in [2.45, 2.75) is 4.90 Å². The molecule has 5 heteroatoms. The number of carboxylic acids is 1. The molecule has 0 aliphatic heterocycles. The lowest BCUT2D eigenvalue weighted by Gasteiger charge is -2.03. The maximum absolute atomic E-state index is 10.8. The standard InChI is InChI=1S/C9H5ClO2S2/c10-7-5(9(11)12)3-6-4(8(7)13)1-2-14-6/h1-3,13H,(H,11,12). The highest BCUT2D eigenvalue weighted by Crippen LogP contribution is 2.35. The molecule has 0 spiro atoms. The van der Waals surface area contributed by atoms with Crippen LogP contribution in [0, 0.1) is 0 Å². The number of thiol groups is 1. The van der Waals surface area contributed by atoms with Gasteiger partial charge in [-0.05, 0) is 17.5 Å². The van der Waals surface area contributed by atoms with Crippen LogP contribution in [-0.2, 0) is 0 Å². The number of hydrogen-bond acceptors (Lipinski definition) is 3. The molecule has 1 aromatic heterocycles. The third-order valence-electron chi connectivity index (χ3n) is 1.90. The molecule has 2 rings (SSSR count). The Labute approximate surface area is 94.5 Å². The van der Waals surface area contributed by atoms with Crippen LogP contribution in [0.3, 0.4) is 0 Å². The lowest BCUT2D eigenvalue weighted by Crippen LogP contribution is -1.97. The van der Waals surface area contributed by atoms with Gasteiger partial charge in [0.25, 0.3) is 0 Å². The number of halogens is 1. The van der Waals surface area contributed by atoms with Crippen molar-refractivity contribution >= 4 is 51.6 Å². The largest absolute Gasteiger partial charge is 0.478 e. The fourth-order valence-corrected chi connectivity index (χ4v) is 2.69. The summed E-state index contributed by atoms with van der Waals surface area (Å²) in [6.45, 7) is 0. The van der Waals surface area contributed by atoms with Gasteiger partial charge < -0.3 is 5.11 Å². The van der Waals surface area contributed by atoms with E-state index in [-0.39, 0.29) is 10.6 Å². The molecule has 0 amide bonds. The Morgan fingerprint density at radius 1 is 1.57 bits per heavy atom. The highest BCUT2D eigenvalue weighted by molar-refractivity contribution is 7.80. The van der Waals surface area contributed by atoms with Crippen molar-refractivity contribution in [3.63, 3.8) is 0 Å². The molecule has 0 atom stereocenters. The van der Waals surface area contributed by atoms with Gasteiger partial charge in [-0.1, -0.05) is 11.6 Å². The molecule has 0 fully saturated rings. The quantitative estimate of drug-likeness (QED) is 0.753. The first-order valence-corrected chi connectivity index (χ1v) is 5.43. The molecule has 0 bridgehead atoms. The molecule has 72 valence electrons. The van der Waals surface area contributed by atoms with Crippen molar-refractivity contribution in [1.29, 1.82) is 0 Å². The van der Waals surface area contributed by atoms with E-state index in [9.17, 15) is 4.79 Å². The molecule has 0 aliphatic carbocycles. The van der Waals surface area contributed by atoms with E-state index in [4.69, 9.17) is 16.7 Å². The number of carboxylic acid groups (broad SMARTS) is 1. The van der Waals surface area contributed by atoms with Crippen LogP contribution in [0.5, 0.6) is 0 Å². The van der Waals surface area contributed by atoms with Crippen molar-refractivity contribution in [2.24, 2.45) is 0 Å². The minimum Gasteiger partial charge on any atom is -0.478 e. The van der Waals surface area contributed by atoms with Gasteiger partial charge in [-0.3, -0.25) is 0 Å². The molecular weight excluding hydrogens is 240 g/mol. The lowest BCUT2D eigenvalue weighted by atomic mass is 10.2. The minimum atomic E-state index is -1.03. The molecule has 1 N–H and O–H groups in total. The van der Waals surface area contributed by atoms with Gasteiger partial charge in [0, 0.05) is 15.0 Å². The Kier molecular flexibility index (Phi) is 2.43. The van der Waals surface area contributed by atoms with E-state index >= 15 is 0 Å². The zero-order valence-electron chi connectivity index (χ0n) is 6.82. The average molecular weight is 245 g/mol. The lowest BCUT2D eigenvalue weighted by molar-refractivity contribution is 0.0697. The molecule has 0 radical (unpaired) electrons. The van der Waals surface area contributed by atoms with Crippen LogP contribution in [0.25, 0.3) is 10.1 Å². The van der Waals surface area contributed by atoms with E-state index in [0.717, 1.165) is 10.1 Å². The maximum atomic E-state index is 10.8. The van der Waals surface area contributed by atoms with Crippen molar-refractivity contribution in [2.75, 3.05) is 0 Å². The molecule has 14 heavy (non-hydrogen) atoms. The number of thiophene rings is 1. The second kappa shape index (κ2) is 3.46. The molecular formula is C9H5ClO2S2. The maximum Gasteiger partial charge on any atom is 0.337 e. The number of rotatable bonds is 1. The van der Waals surface area contributed by atoms with Crippen molar-refractivity contribution < 1.29 is 9.90 Å².